The molecule has 28 heavy (non-hydrogen) atoms. The van der Waals surface area contributed by atoms with E-state index in [1.165, 1.54) is 11.1 Å². The number of para-hydroxylation sites is 1. The molecule has 0 atom stereocenters. The van der Waals surface area contributed by atoms with E-state index in [1.54, 1.807) is 12.4 Å². The molecule has 0 saturated carbocycles. The first-order chi connectivity index (χ1) is 13.5. The second-order valence-corrected chi connectivity index (χ2v) is 7.22. The SMILES string of the molecule is Cc1ccccc1CNc1ncc(C(=O)Nc2c(C)cccc2C(C)C)cn1. The molecule has 0 saturated heterocycles. The first-order valence-corrected chi connectivity index (χ1v) is 9.47. The van der Waals surface area contributed by atoms with Crippen molar-refractivity contribution in [1.82, 2.24) is 9.97 Å². The smallest absolute Gasteiger partial charge is 0.258 e. The molecule has 144 valence electrons. The molecule has 2 N–H and O–H groups in total. The second kappa shape index (κ2) is 8.65. The van der Waals surface area contributed by atoms with Crippen LogP contribution in [0.3, 0.4) is 0 Å². The number of hydrogen-bond acceptors (Lipinski definition) is 4. The summed E-state index contributed by atoms with van der Waals surface area (Å²) in [6, 6.07) is 14.2. The number of aromatic nitrogens is 2. The van der Waals surface area contributed by atoms with Crippen LogP contribution in [-0.2, 0) is 6.54 Å². The number of nitrogens with one attached hydrogen (secondary N) is 2. The van der Waals surface area contributed by atoms with E-state index in [0.29, 0.717) is 24.0 Å². The molecule has 0 fully saturated rings. The standard InChI is InChI=1S/C23H26N4O/c1-15(2)20-11-7-9-17(4)21(20)27-22(28)19-13-25-23(26-14-19)24-12-18-10-6-5-8-16(18)3/h5-11,13-15H,12H2,1-4H3,(H,27,28)(H,24,25,26). The van der Waals surface area contributed by atoms with Crippen molar-refractivity contribution in [2.24, 2.45) is 0 Å². The van der Waals surface area contributed by atoms with Crippen LogP contribution in [0.25, 0.3) is 0 Å². The summed E-state index contributed by atoms with van der Waals surface area (Å²) in [4.78, 5) is 21.2. The summed E-state index contributed by atoms with van der Waals surface area (Å²) in [5, 5.41) is 6.22. The van der Waals surface area contributed by atoms with Crippen LogP contribution < -0.4 is 10.6 Å². The molecule has 1 heterocycles. The van der Waals surface area contributed by atoms with Gasteiger partial charge in [-0.1, -0.05) is 56.3 Å². The van der Waals surface area contributed by atoms with Crippen molar-refractivity contribution in [2.45, 2.75) is 40.2 Å². The Kier molecular flexibility index (Phi) is 6.04. The average Bonchev–Trinajstić information content (AvgIpc) is 2.69. The fourth-order valence-corrected chi connectivity index (χ4v) is 3.05. The number of rotatable bonds is 6. The second-order valence-electron chi connectivity index (χ2n) is 7.22. The molecular weight excluding hydrogens is 348 g/mol. The Morgan fingerprint density at radius 2 is 1.64 bits per heavy atom. The predicted octanol–water partition coefficient (Wildman–Crippen LogP) is 5.08. The maximum absolute atomic E-state index is 12.7. The lowest BCUT2D eigenvalue weighted by Gasteiger charge is -2.16. The third kappa shape index (κ3) is 4.55. The molecule has 5 nitrogen and oxygen atoms in total. The zero-order valence-electron chi connectivity index (χ0n) is 16.8. The van der Waals surface area contributed by atoms with Crippen molar-refractivity contribution in [3.05, 3.63) is 82.7 Å². The molecule has 0 unspecified atom stereocenters. The fraction of sp³-hybridized carbons (Fsp3) is 0.261. The monoisotopic (exact) mass is 374 g/mol. The number of amides is 1. The zero-order chi connectivity index (χ0) is 20.1. The van der Waals surface area contributed by atoms with Gasteiger partial charge < -0.3 is 10.6 Å². The van der Waals surface area contributed by atoms with E-state index in [1.807, 2.05) is 37.3 Å². The molecule has 1 aromatic heterocycles. The first-order valence-electron chi connectivity index (χ1n) is 9.47. The minimum absolute atomic E-state index is 0.207. The maximum atomic E-state index is 12.7. The summed E-state index contributed by atoms with van der Waals surface area (Å²) in [7, 11) is 0. The summed E-state index contributed by atoms with van der Waals surface area (Å²) in [6.45, 7) is 8.93. The Balaban J connectivity index is 1.68. The van der Waals surface area contributed by atoms with Crippen molar-refractivity contribution in [2.75, 3.05) is 10.6 Å². The van der Waals surface area contributed by atoms with Gasteiger partial charge in [0, 0.05) is 24.6 Å². The van der Waals surface area contributed by atoms with Gasteiger partial charge in [-0.25, -0.2) is 9.97 Å². The number of nitrogens with zero attached hydrogens (tertiary/aromatic N) is 2. The lowest BCUT2D eigenvalue weighted by molar-refractivity contribution is 0.102. The van der Waals surface area contributed by atoms with Gasteiger partial charge in [0.2, 0.25) is 5.95 Å². The van der Waals surface area contributed by atoms with Gasteiger partial charge in [-0.2, -0.15) is 0 Å². The lowest BCUT2D eigenvalue weighted by Crippen LogP contribution is -2.16. The molecule has 0 aliphatic rings. The summed E-state index contributed by atoms with van der Waals surface area (Å²) >= 11 is 0. The molecule has 0 bridgehead atoms. The summed E-state index contributed by atoms with van der Waals surface area (Å²) in [6.07, 6.45) is 3.10. The molecule has 0 spiro atoms. The largest absolute Gasteiger partial charge is 0.350 e. The molecule has 2 aromatic carbocycles. The number of carbonyl (C=O) groups excluding carboxylic acids is 1. The van der Waals surface area contributed by atoms with E-state index >= 15 is 0 Å². The number of carbonyl (C=O) groups is 1. The summed E-state index contributed by atoms with van der Waals surface area (Å²) in [5.41, 5.74) is 5.85. The molecule has 0 aliphatic heterocycles. The topological polar surface area (TPSA) is 66.9 Å². The van der Waals surface area contributed by atoms with Crippen molar-refractivity contribution in [3.63, 3.8) is 0 Å². The van der Waals surface area contributed by atoms with Gasteiger partial charge in [0.25, 0.3) is 5.91 Å². The van der Waals surface area contributed by atoms with Crippen molar-refractivity contribution < 1.29 is 4.79 Å². The molecule has 0 radical (unpaired) electrons. The Morgan fingerprint density at radius 3 is 2.32 bits per heavy atom. The van der Waals surface area contributed by atoms with Crippen LogP contribution in [0, 0.1) is 13.8 Å². The van der Waals surface area contributed by atoms with Crippen LogP contribution in [0.2, 0.25) is 0 Å². The molecule has 5 heteroatoms. The van der Waals surface area contributed by atoms with Gasteiger partial charge in [0.05, 0.1) is 5.56 Å². The highest BCUT2D eigenvalue weighted by molar-refractivity contribution is 6.04. The maximum Gasteiger partial charge on any atom is 0.258 e. The van der Waals surface area contributed by atoms with E-state index in [4.69, 9.17) is 0 Å². The van der Waals surface area contributed by atoms with E-state index in [2.05, 4.69) is 53.5 Å². The van der Waals surface area contributed by atoms with Crippen LogP contribution in [0.1, 0.15) is 52.4 Å². The van der Waals surface area contributed by atoms with Crippen molar-refractivity contribution >= 4 is 17.5 Å². The van der Waals surface area contributed by atoms with Crippen LogP contribution in [-0.4, -0.2) is 15.9 Å². The van der Waals surface area contributed by atoms with Crippen LogP contribution in [0.5, 0.6) is 0 Å². The Labute approximate surface area is 166 Å². The normalized spacial score (nSPS) is 10.8. The van der Waals surface area contributed by atoms with Crippen molar-refractivity contribution in [3.8, 4) is 0 Å². The van der Waals surface area contributed by atoms with E-state index in [-0.39, 0.29) is 5.91 Å². The molecule has 3 rings (SSSR count). The highest BCUT2D eigenvalue weighted by atomic mass is 16.1. The summed E-state index contributed by atoms with van der Waals surface area (Å²) < 4.78 is 0. The molecule has 1 amide bonds. The minimum atomic E-state index is -0.207. The van der Waals surface area contributed by atoms with Gasteiger partial charge in [-0.3, -0.25) is 4.79 Å². The minimum Gasteiger partial charge on any atom is -0.350 e. The van der Waals surface area contributed by atoms with Gasteiger partial charge in [0.1, 0.15) is 0 Å². The molecule has 0 aliphatic carbocycles. The first kappa shape index (κ1) is 19.5. The Hall–Kier alpha value is -3.21. The lowest BCUT2D eigenvalue weighted by atomic mass is 9.98. The van der Waals surface area contributed by atoms with Crippen molar-refractivity contribution in [1.29, 1.82) is 0 Å². The number of hydrogen-bond donors (Lipinski definition) is 2. The van der Waals surface area contributed by atoms with Crippen LogP contribution in [0.15, 0.2) is 54.9 Å². The van der Waals surface area contributed by atoms with Gasteiger partial charge in [-0.15, -0.1) is 0 Å². The van der Waals surface area contributed by atoms with E-state index < -0.39 is 0 Å². The highest BCUT2D eigenvalue weighted by Gasteiger charge is 2.14. The Bertz CT molecular complexity index is 965. The average molecular weight is 374 g/mol. The van der Waals surface area contributed by atoms with Gasteiger partial charge >= 0.3 is 0 Å². The van der Waals surface area contributed by atoms with Crippen LogP contribution in [0.4, 0.5) is 11.6 Å². The van der Waals surface area contributed by atoms with E-state index in [0.717, 1.165) is 16.8 Å². The highest BCUT2D eigenvalue weighted by Crippen LogP contribution is 2.27. The Morgan fingerprint density at radius 1 is 0.964 bits per heavy atom. The fourth-order valence-electron chi connectivity index (χ4n) is 3.05. The summed E-state index contributed by atoms with van der Waals surface area (Å²) in [5.74, 6) is 0.611. The molecule has 3 aromatic rings. The number of aryl methyl sites for hydroxylation is 2. The van der Waals surface area contributed by atoms with Crippen LogP contribution >= 0.6 is 0 Å². The third-order valence-corrected chi connectivity index (χ3v) is 4.78. The van der Waals surface area contributed by atoms with E-state index in [9.17, 15) is 4.79 Å². The quantitative estimate of drug-likeness (QED) is 0.631. The zero-order valence-corrected chi connectivity index (χ0v) is 16.8. The molecular formula is C23H26N4O. The van der Waals surface area contributed by atoms with Gasteiger partial charge in [0.15, 0.2) is 0 Å². The number of benzene rings is 2. The predicted molar refractivity (Wildman–Crippen MR) is 114 cm³/mol. The number of anilines is 2. The third-order valence-electron chi connectivity index (χ3n) is 4.78. The van der Waals surface area contributed by atoms with Gasteiger partial charge in [-0.05, 0) is 42.0 Å².